The lowest BCUT2D eigenvalue weighted by atomic mass is 9.94. The number of aromatic hydroxyl groups is 2. The van der Waals surface area contributed by atoms with E-state index < -0.39 is 0 Å². The Balaban J connectivity index is 2.55. The van der Waals surface area contributed by atoms with Gasteiger partial charge < -0.3 is 19.7 Å². The molecule has 0 aliphatic heterocycles. The van der Waals surface area contributed by atoms with Gasteiger partial charge in [0.1, 0.15) is 11.5 Å². The highest BCUT2D eigenvalue weighted by Gasteiger charge is 2.14. The Kier molecular flexibility index (Phi) is 7.49. The average Bonchev–Trinajstić information content (AvgIpc) is 2.66. The molecule has 0 unspecified atom stereocenters. The van der Waals surface area contributed by atoms with Crippen molar-refractivity contribution < 1.29 is 19.7 Å². The summed E-state index contributed by atoms with van der Waals surface area (Å²) in [5.74, 6) is 0.627. The van der Waals surface area contributed by atoms with Crippen LogP contribution in [0.4, 0.5) is 0 Å². The lowest BCUT2D eigenvalue weighted by molar-refractivity contribution is 0.132. The van der Waals surface area contributed by atoms with Crippen LogP contribution in [0.5, 0.6) is 11.5 Å². The van der Waals surface area contributed by atoms with Crippen molar-refractivity contribution in [2.45, 2.75) is 53.8 Å². The summed E-state index contributed by atoms with van der Waals surface area (Å²) in [4.78, 5) is 0. The maximum absolute atomic E-state index is 10.5. The predicted octanol–water partition coefficient (Wildman–Crippen LogP) is 4.96. The maximum Gasteiger partial charge on any atom is 0.124 e. The molecule has 0 aromatic heterocycles. The Hall–Kier alpha value is -2.04. The standard InChI is InChI=1S/C22H30O4/c1-5-15-9-17(11-19(21(15)23)13-25-7-3)18-10-16(6-2)22(24)20(12-18)14-26-8-4/h9-12,23-24H,5-8,13-14H2,1-4H3. The van der Waals surface area contributed by atoms with Gasteiger partial charge in [0, 0.05) is 24.3 Å². The highest BCUT2D eigenvalue weighted by Crippen LogP contribution is 2.35. The van der Waals surface area contributed by atoms with E-state index in [0.717, 1.165) is 46.2 Å². The van der Waals surface area contributed by atoms with Crippen molar-refractivity contribution in [3.63, 3.8) is 0 Å². The number of rotatable bonds is 9. The SMILES string of the molecule is CCOCc1cc(-c2cc(CC)c(O)c(COCC)c2)cc(CC)c1O. The van der Waals surface area contributed by atoms with Crippen molar-refractivity contribution >= 4 is 0 Å². The van der Waals surface area contributed by atoms with E-state index in [1.54, 1.807) is 0 Å². The molecule has 0 saturated heterocycles. The summed E-state index contributed by atoms with van der Waals surface area (Å²) in [6.07, 6.45) is 1.48. The minimum atomic E-state index is 0.314. The van der Waals surface area contributed by atoms with Gasteiger partial charge in [0.15, 0.2) is 0 Å². The summed E-state index contributed by atoms with van der Waals surface area (Å²) in [7, 11) is 0. The molecule has 0 aliphatic rings. The first-order valence-electron chi connectivity index (χ1n) is 9.40. The van der Waals surface area contributed by atoms with Gasteiger partial charge in [-0.15, -0.1) is 0 Å². The van der Waals surface area contributed by atoms with Crippen molar-refractivity contribution in [3.05, 3.63) is 46.5 Å². The zero-order valence-corrected chi connectivity index (χ0v) is 16.3. The fourth-order valence-electron chi connectivity index (χ4n) is 3.04. The molecule has 0 aliphatic carbocycles. The second kappa shape index (κ2) is 9.60. The van der Waals surface area contributed by atoms with Gasteiger partial charge in [-0.05, 0) is 73.2 Å². The topological polar surface area (TPSA) is 58.9 Å². The summed E-state index contributed by atoms with van der Waals surface area (Å²) in [5, 5.41) is 20.9. The van der Waals surface area contributed by atoms with E-state index in [9.17, 15) is 10.2 Å². The number of benzene rings is 2. The number of phenolic OH excluding ortho intramolecular Hbond substituents is 2. The minimum Gasteiger partial charge on any atom is -0.507 e. The smallest absolute Gasteiger partial charge is 0.124 e. The van der Waals surface area contributed by atoms with Gasteiger partial charge in [-0.1, -0.05) is 13.8 Å². The number of phenols is 2. The third-order valence-electron chi connectivity index (χ3n) is 4.55. The van der Waals surface area contributed by atoms with Gasteiger partial charge >= 0.3 is 0 Å². The Labute approximate surface area is 156 Å². The molecule has 2 rings (SSSR count). The number of hydrogen-bond donors (Lipinski definition) is 2. The van der Waals surface area contributed by atoms with Crippen LogP contribution in [0.25, 0.3) is 11.1 Å². The molecule has 0 spiro atoms. The molecular weight excluding hydrogens is 328 g/mol. The average molecular weight is 358 g/mol. The van der Waals surface area contributed by atoms with Gasteiger partial charge in [-0.2, -0.15) is 0 Å². The van der Waals surface area contributed by atoms with E-state index in [1.165, 1.54) is 0 Å². The predicted molar refractivity (Wildman–Crippen MR) is 105 cm³/mol. The van der Waals surface area contributed by atoms with E-state index >= 15 is 0 Å². The third-order valence-corrected chi connectivity index (χ3v) is 4.55. The van der Waals surface area contributed by atoms with Crippen LogP contribution in [0.1, 0.15) is 49.9 Å². The van der Waals surface area contributed by atoms with Crippen LogP contribution in [0.15, 0.2) is 24.3 Å². The van der Waals surface area contributed by atoms with E-state index in [1.807, 2.05) is 52.0 Å². The van der Waals surface area contributed by atoms with Gasteiger partial charge in [0.2, 0.25) is 0 Å². The van der Waals surface area contributed by atoms with Crippen molar-refractivity contribution in [1.82, 2.24) is 0 Å². The van der Waals surface area contributed by atoms with Gasteiger partial charge in [0.25, 0.3) is 0 Å². The Bertz CT molecular complexity index is 674. The van der Waals surface area contributed by atoms with E-state index in [2.05, 4.69) is 0 Å². The normalized spacial score (nSPS) is 11.1. The second-order valence-corrected chi connectivity index (χ2v) is 6.27. The highest BCUT2D eigenvalue weighted by molar-refractivity contribution is 5.70. The minimum absolute atomic E-state index is 0.314. The lowest BCUT2D eigenvalue weighted by Crippen LogP contribution is -1.99. The van der Waals surface area contributed by atoms with Gasteiger partial charge in [0.05, 0.1) is 13.2 Å². The fourth-order valence-corrected chi connectivity index (χ4v) is 3.04. The van der Waals surface area contributed by atoms with Crippen molar-refractivity contribution in [2.24, 2.45) is 0 Å². The molecule has 2 N–H and O–H groups in total. The summed E-state index contributed by atoms with van der Waals surface area (Å²) in [5.41, 5.74) is 5.41. The Morgan fingerprint density at radius 2 is 0.962 bits per heavy atom. The summed E-state index contributed by atoms with van der Waals surface area (Å²) in [6.45, 7) is 9.90. The molecule has 26 heavy (non-hydrogen) atoms. The van der Waals surface area contributed by atoms with Crippen LogP contribution in [0, 0.1) is 0 Å². The third kappa shape index (κ3) is 4.57. The van der Waals surface area contributed by atoms with Crippen LogP contribution in [0.3, 0.4) is 0 Å². The van der Waals surface area contributed by atoms with Crippen LogP contribution in [0.2, 0.25) is 0 Å². The zero-order valence-electron chi connectivity index (χ0n) is 16.3. The molecule has 0 radical (unpaired) electrons. The second-order valence-electron chi connectivity index (χ2n) is 6.27. The van der Waals surface area contributed by atoms with Gasteiger partial charge in [-0.25, -0.2) is 0 Å². The molecule has 0 saturated carbocycles. The summed E-state index contributed by atoms with van der Waals surface area (Å²) < 4.78 is 11.0. The summed E-state index contributed by atoms with van der Waals surface area (Å²) >= 11 is 0. The first kappa shape index (κ1) is 20.3. The molecule has 0 atom stereocenters. The number of ether oxygens (including phenoxy) is 2. The quantitative estimate of drug-likeness (QED) is 0.665. The zero-order chi connectivity index (χ0) is 19.1. The van der Waals surface area contributed by atoms with Crippen LogP contribution in [-0.2, 0) is 35.5 Å². The molecular formula is C22H30O4. The van der Waals surface area contributed by atoms with Crippen molar-refractivity contribution in [3.8, 4) is 22.6 Å². The fraction of sp³-hybridized carbons (Fsp3) is 0.455. The molecule has 0 heterocycles. The Morgan fingerprint density at radius 3 is 1.27 bits per heavy atom. The highest BCUT2D eigenvalue weighted by atomic mass is 16.5. The first-order valence-corrected chi connectivity index (χ1v) is 9.40. The first-order chi connectivity index (χ1) is 12.5. The van der Waals surface area contributed by atoms with Gasteiger partial charge in [-0.3, -0.25) is 0 Å². The van der Waals surface area contributed by atoms with E-state index in [-0.39, 0.29) is 0 Å². The molecule has 4 heteroatoms. The molecule has 0 bridgehead atoms. The van der Waals surface area contributed by atoms with Crippen LogP contribution < -0.4 is 0 Å². The largest absolute Gasteiger partial charge is 0.507 e. The summed E-state index contributed by atoms with van der Waals surface area (Å²) in [6, 6.07) is 7.98. The molecule has 0 amide bonds. The number of aryl methyl sites for hydroxylation is 2. The molecule has 2 aromatic carbocycles. The monoisotopic (exact) mass is 358 g/mol. The Morgan fingerprint density at radius 1 is 0.615 bits per heavy atom. The van der Waals surface area contributed by atoms with E-state index in [0.29, 0.717) is 37.9 Å². The number of hydrogen-bond acceptors (Lipinski definition) is 4. The molecule has 4 nitrogen and oxygen atoms in total. The van der Waals surface area contributed by atoms with E-state index in [4.69, 9.17) is 9.47 Å². The molecule has 0 fully saturated rings. The lowest BCUT2D eigenvalue weighted by Gasteiger charge is -2.16. The van der Waals surface area contributed by atoms with Crippen molar-refractivity contribution in [1.29, 1.82) is 0 Å². The van der Waals surface area contributed by atoms with Crippen LogP contribution in [-0.4, -0.2) is 23.4 Å². The van der Waals surface area contributed by atoms with Crippen LogP contribution >= 0.6 is 0 Å². The molecule has 2 aromatic rings. The molecule has 142 valence electrons. The maximum atomic E-state index is 10.5. The van der Waals surface area contributed by atoms with Crippen molar-refractivity contribution in [2.75, 3.05) is 13.2 Å².